The van der Waals surface area contributed by atoms with Gasteiger partial charge in [-0.3, -0.25) is 9.69 Å². The van der Waals surface area contributed by atoms with Gasteiger partial charge in [-0.15, -0.1) is 0 Å². The zero-order chi connectivity index (χ0) is 22.3. The van der Waals surface area contributed by atoms with E-state index in [1.807, 2.05) is 24.3 Å². The third-order valence-corrected chi connectivity index (χ3v) is 6.12. The van der Waals surface area contributed by atoms with E-state index in [0.717, 1.165) is 24.4 Å². The summed E-state index contributed by atoms with van der Waals surface area (Å²) in [6.07, 6.45) is 4.95. The van der Waals surface area contributed by atoms with Crippen LogP contribution >= 0.6 is 0 Å². The number of nitrogens with one attached hydrogen (secondary N) is 1. The van der Waals surface area contributed by atoms with Crippen molar-refractivity contribution in [3.63, 3.8) is 0 Å². The largest absolute Gasteiger partial charge is 0.497 e. The van der Waals surface area contributed by atoms with Crippen LogP contribution in [-0.4, -0.2) is 42.7 Å². The second-order valence-electron chi connectivity index (χ2n) is 8.39. The molecule has 2 heterocycles. The van der Waals surface area contributed by atoms with E-state index in [-0.39, 0.29) is 17.6 Å². The number of aryl methyl sites for hydroxylation is 1. The molecule has 32 heavy (non-hydrogen) atoms. The van der Waals surface area contributed by atoms with Crippen LogP contribution in [0.1, 0.15) is 53.3 Å². The summed E-state index contributed by atoms with van der Waals surface area (Å²) >= 11 is 0. The van der Waals surface area contributed by atoms with Crippen molar-refractivity contribution in [3.8, 4) is 17.1 Å². The van der Waals surface area contributed by atoms with Crippen molar-refractivity contribution in [2.24, 2.45) is 0 Å². The van der Waals surface area contributed by atoms with E-state index < -0.39 is 0 Å². The Kier molecular flexibility index (Phi) is 7.22. The fourth-order valence-electron chi connectivity index (χ4n) is 4.21. The topological polar surface area (TPSA) is 67.6 Å². The Hall–Kier alpha value is -3.12. The van der Waals surface area contributed by atoms with Gasteiger partial charge in [-0.25, -0.2) is 0 Å². The van der Waals surface area contributed by atoms with Crippen LogP contribution in [0.4, 0.5) is 0 Å². The maximum atomic E-state index is 12.9. The Morgan fingerprint density at radius 1 is 1.06 bits per heavy atom. The zero-order valence-electron chi connectivity index (χ0n) is 18.8. The summed E-state index contributed by atoms with van der Waals surface area (Å²) in [5.74, 6) is 1.10. The van der Waals surface area contributed by atoms with Crippen molar-refractivity contribution < 1.29 is 14.1 Å². The van der Waals surface area contributed by atoms with E-state index in [2.05, 4.69) is 46.6 Å². The molecule has 4 rings (SSSR count). The molecule has 1 aromatic heterocycles. The molecule has 1 N–H and O–H groups in total. The fourth-order valence-corrected chi connectivity index (χ4v) is 4.21. The van der Waals surface area contributed by atoms with Gasteiger partial charge in [-0.05, 0) is 62.7 Å². The van der Waals surface area contributed by atoms with E-state index in [4.69, 9.17) is 9.26 Å². The van der Waals surface area contributed by atoms with Crippen LogP contribution in [0.25, 0.3) is 11.3 Å². The SMILES string of the molecule is COc1ccc(-c2cc(C(=O)NC[C@H](c3ccc(C)cc3)N3CCCCCC3)no2)cc1. The summed E-state index contributed by atoms with van der Waals surface area (Å²) in [5.41, 5.74) is 3.60. The average molecular weight is 434 g/mol. The predicted molar refractivity (Wildman–Crippen MR) is 125 cm³/mol. The van der Waals surface area contributed by atoms with Crippen LogP contribution in [0.2, 0.25) is 0 Å². The Morgan fingerprint density at radius 3 is 2.41 bits per heavy atom. The molecule has 0 bridgehead atoms. The van der Waals surface area contributed by atoms with Gasteiger partial charge in [0.05, 0.1) is 13.2 Å². The van der Waals surface area contributed by atoms with Crippen LogP contribution < -0.4 is 10.1 Å². The van der Waals surface area contributed by atoms with Crippen LogP contribution in [0, 0.1) is 6.92 Å². The highest BCUT2D eigenvalue weighted by Crippen LogP contribution is 2.25. The van der Waals surface area contributed by atoms with Crippen molar-refractivity contribution in [1.82, 2.24) is 15.4 Å². The molecule has 1 aliphatic heterocycles. The number of hydrogen-bond acceptors (Lipinski definition) is 5. The molecule has 0 radical (unpaired) electrons. The highest BCUT2D eigenvalue weighted by atomic mass is 16.5. The van der Waals surface area contributed by atoms with E-state index in [0.29, 0.717) is 12.3 Å². The summed E-state index contributed by atoms with van der Waals surface area (Å²) in [7, 11) is 1.63. The van der Waals surface area contributed by atoms with E-state index in [1.54, 1.807) is 13.2 Å². The minimum Gasteiger partial charge on any atom is -0.497 e. The summed E-state index contributed by atoms with van der Waals surface area (Å²) in [6.45, 7) is 4.74. The van der Waals surface area contributed by atoms with E-state index >= 15 is 0 Å². The van der Waals surface area contributed by atoms with Gasteiger partial charge in [0.2, 0.25) is 0 Å². The fraction of sp³-hybridized carbons (Fsp3) is 0.385. The first kappa shape index (κ1) is 22.1. The van der Waals surface area contributed by atoms with E-state index in [1.165, 1.54) is 36.8 Å². The molecule has 0 aliphatic carbocycles. The highest BCUT2D eigenvalue weighted by molar-refractivity contribution is 5.93. The van der Waals surface area contributed by atoms with Crippen LogP contribution in [0.3, 0.4) is 0 Å². The monoisotopic (exact) mass is 433 g/mol. The Labute approximate surface area is 189 Å². The van der Waals surface area contributed by atoms with Crippen molar-refractivity contribution in [2.45, 2.75) is 38.6 Å². The first-order chi connectivity index (χ1) is 15.6. The lowest BCUT2D eigenvalue weighted by atomic mass is 10.0. The smallest absolute Gasteiger partial charge is 0.273 e. The van der Waals surface area contributed by atoms with Crippen molar-refractivity contribution in [1.29, 1.82) is 0 Å². The molecule has 1 amide bonds. The number of aromatic nitrogens is 1. The van der Waals surface area contributed by atoms with Crippen LogP contribution in [-0.2, 0) is 0 Å². The molecule has 1 aliphatic rings. The number of carbonyl (C=O) groups excluding carboxylic acids is 1. The number of hydrogen-bond donors (Lipinski definition) is 1. The van der Waals surface area contributed by atoms with Gasteiger partial charge in [0.15, 0.2) is 11.5 Å². The first-order valence-corrected chi connectivity index (χ1v) is 11.3. The maximum absolute atomic E-state index is 12.9. The Bertz CT molecular complexity index is 1000. The van der Waals surface area contributed by atoms with Crippen molar-refractivity contribution in [3.05, 3.63) is 71.4 Å². The van der Waals surface area contributed by atoms with E-state index in [9.17, 15) is 4.79 Å². The number of rotatable bonds is 7. The van der Waals surface area contributed by atoms with Crippen molar-refractivity contribution in [2.75, 3.05) is 26.7 Å². The standard InChI is InChI=1S/C26H31N3O3/c1-19-7-9-20(10-8-19)24(29-15-5-3-4-6-16-29)18-27-26(30)23-17-25(32-28-23)21-11-13-22(31-2)14-12-21/h7-14,17,24H,3-6,15-16,18H2,1-2H3,(H,27,30)/t24-/m1/s1. The molecule has 168 valence electrons. The first-order valence-electron chi connectivity index (χ1n) is 11.3. The Morgan fingerprint density at radius 2 is 1.75 bits per heavy atom. The average Bonchev–Trinajstić information content (AvgIpc) is 3.17. The number of likely N-dealkylation sites (tertiary alicyclic amines) is 1. The summed E-state index contributed by atoms with van der Waals surface area (Å²) in [5, 5.41) is 7.08. The van der Waals surface area contributed by atoms with Gasteiger partial charge in [-0.1, -0.05) is 47.8 Å². The predicted octanol–water partition coefficient (Wildman–Crippen LogP) is 5.01. The molecular weight excluding hydrogens is 402 g/mol. The quantitative estimate of drug-likeness (QED) is 0.568. The zero-order valence-corrected chi connectivity index (χ0v) is 18.8. The van der Waals surface area contributed by atoms with Crippen LogP contribution in [0.5, 0.6) is 5.75 Å². The van der Waals surface area contributed by atoms with Gasteiger partial charge in [0, 0.05) is 18.2 Å². The van der Waals surface area contributed by atoms with Gasteiger partial charge >= 0.3 is 0 Å². The normalized spacial score (nSPS) is 15.7. The van der Waals surface area contributed by atoms with Gasteiger partial charge in [0.1, 0.15) is 5.75 Å². The minimum absolute atomic E-state index is 0.144. The number of benzene rings is 2. The lowest BCUT2D eigenvalue weighted by Crippen LogP contribution is -2.38. The number of amides is 1. The number of carbonyl (C=O) groups is 1. The van der Waals surface area contributed by atoms with Gasteiger partial charge in [0.25, 0.3) is 5.91 Å². The molecule has 6 nitrogen and oxygen atoms in total. The Balaban J connectivity index is 1.45. The minimum atomic E-state index is -0.222. The van der Waals surface area contributed by atoms with Gasteiger partial charge in [-0.2, -0.15) is 0 Å². The molecular formula is C26H31N3O3. The molecule has 2 aromatic carbocycles. The number of ether oxygens (including phenoxy) is 1. The molecule has 1 atom stereocenters. The van der Waals surface area contributed by atoms with Gasteiger partial charge < -0.3 is 14.6 Å². The molecule has 0 saturated carbocycles. The second-order valence-corrected chi connectivity index (χ2v) is 8.39. The lowest BCUT2D eigenvalue weighted by molar-refractivity contribution is 0.0924. The molecule has 6 heteroatoms. The third-order valence-electron chi connectivity index (χ3n) is 6.12. The summed E-state index contributed by atoms with van der Waals surface area (Å²) in [6, 6.07) is 17.9. The molecule has 1 fully saturated rings. The third kappa shape index (κ3) is 5.37. The molecule has 1 saturated heterocycles. The summed E-state index contributed by atoms with van der Waals surface area (Å²) in [4.78, 5) is 15.4. The lowest BCUT2D eigenvalue weighted by Gasteiger charge is -2.31. The van der Waals surface area contributed by atoms with Crippen LogP contribution in [0.15, 0.2) is 59.1 Å². The second kappa shape index (κ2) is 10.5. The maximum Gasteiger partial charge on any atom is 0.273 e. The molecule has 0 spiro atoms. The molecule has 0 unspecified atom stereocenters. The highest BCUT2D eigenvalue weighted by Gasteiger charge is 2.23. The molecule has 3 aromatic rings. The number of methoxy groups -OCH3 is 1. The van der Waals surface area contributed by atoms with Crippen molar-refractivity contribution >= 4 is 5.91 Å². The summed E-state index contributed by atoms with van der Waals surface area (Å²) < 4.78 is 10.6. The number of nitrogens with zero attached hydrogens (tertiary/aromatic N) is 2.